The van der Waals surface area contributed by atoms with E-state index in [0.717, 1.165) is 28.0 Å². The SMILES string of the molecule is CCc1nn(Cc2ccc(-c3nc4ccc(OC)cc4[nH]3)cc2F)c(CC)c1CC(=O)O. The summed E-state index contributed by atoms with van der Waals surface area (Å²) in [6, 6.07) is 10.5. The number of rotatable bonds is 8. The van der Waals surface area contributed by atoms with Gasteiger partial charge in [0.1, 0.15) is 17.4 Å². The summed E-state index contributed by atoms with van der Waals surface area (Å²) in [5.41, 5.74) is 5.01. The highest BCUT2D eigenvalue weighted by molar-refractivity contribution is 5.80. The average molecular weight is 436 g/mol. The van der Waals surface area contributed by atoms with Gasteiger partial charge >= 0.3 is 5.97 Å². The monoisotopic (exact) mass is 436 g/mol. The van der Waals surface area contributed by atoms with Crippen molar-refractivity contribution in [2.45, 2.75) is 39.7 Å². The third kappa shape index (κ3) is 4.08. The van der Waals surface area contributed by atoms with Gasteiger partial charge in [-0.15, -0.1) is 0 Å². The van der Waals surface area contributed by atoms with Crippen LogP contribution in [0.2, 0.25) is 0 Å². The van der Waals surface area contributed by atoms with Crippen molar-refractivity contribution < 1.29 is 19.0 Å². The van der Waals surface area contributed by atoms with Crippen molar-refractivity contribution >= 4 is 17.0 Å². The standard InChI is InChI=1S/C24H25FN4O3/c1-4-19-17(12-23(30)31)22(5-2)29(28-19)13-15-7-6-14(10-18(15)25)24-26-20-9-8-16(32-3)11-21(20)27-24/h6-11H,4-5,12-13H2,1-3H3,(H,26,27)(H,30,31). The Hall–Kier alpha value is -3.68. The number of carboxylic acid groups (broad SMARTS) is 1. The maximum absolute atomic E-state index is 15.0. The number of aryl methyl sites for hydroxylation is 1. The van der Waals surface area contributed by atoms with Crippen LogP contribution >= 0.6 is 0 Å². The maximum Gasteiger partial charge on any atom is 0.307 e. The first-order valence-corrected chi connectivity index (χ1v) is 10.5. The molecule has 0 atom stereocenters. The number of carboxylic acids is 1. The van der Waals surface area contributed by atoms with Crippen LogP contribution in [0, 0.1) is 5.82 Å². The van der Waals surface area contributed by atoms with Gasteiger partial charge in [-0.2, -0.15) is 5.10 Å². The number of aromatic nitrogens is 4. The average Bonchev–Trinajstić information content (AvgIpc) is 3.34. The summed E-state index contributed by atoms with van der Waals surface area (Å²) < 4.78 is 22.0. The first-order valence-electron chi connectivity index (χ1n) is 10.5. The molecule has 2 aromatic carbocycles. The van der Waals surface area contributed by atoms with Gasteiger partial charge in [0.25, 0.3) is 0 Å². The number of carbonyl (C=O) groups is 1. The zero-order valence-corrected chi connectivity index (χ0v) is 18.3. The van der Waals surface area contributed by atoms with Gasteiger partial charge in [0.05, 0.1) is 36.8 Å². The van der Waals surface area contributed by atoms with E-state index in [0.29, 0.717) is 35.5 Å². The highest BCUT2D eigenvalue weighted by atomic mass is 19.1. The molecule has 0 bridgehead atoms. The molecule has 0 fully saturated rings. The van der Waals surface area contributed by atoms with E-state index in [1.807, 2.05) is 38.1 Å². The van der Waals surface area contributed by atoms with Crippen LogP contribution in [0.15, 0.2) is 36.4 Å². The molecular weight excluding hydrogens is 411 g/mol. The second kappa shape index (κ2) is 8.82. The van der Waals surface area contributed by atoms with Crippen molar-refractivity contribution in [1.29, 1.82) is 0 Å². The van der Waals surface area contributed by atoms with Gasteiger partial charge in [0, 0.05) is 28.5 Å². The Kier molecular flexibility index (Phi) is 5.94. The van der Waals surface area contributed by atoms with E-state index in [2.05, 4.69) is 15.1 Å². The summed E-state index contributed by atoms with van der Waals surface area (Å²) in [7, 11) is 1.60. The van der Waals surface area contributed by atoms with Crippen LogP contribution in [-0.2, 0) is 30.6 Å². The molecule has 2 aromatic heterocycles. The molecule has 0 radical (unpaired) electrons. The fraction of sp³-hybridized carbons (Fsp3) is 0.292. The molecule has 0 saturated heterocycles. The van der Waals surface area contributed by atoms with Crippen LogP contribution in [0.4, 0.5) is 4.39 Å². The number of H-pyrrole nitrogens is 1. The lowest BCUT2D eigenvalue weighted by Crippen LogP contribution is -2.09. The molecule has 2 heterocycles. The lowest BCUT2D eigenvalue weighted by atomic mass is 10.1. The number of hydrogen-bond acceptors (Lipinski definition) is 4. The number of imidazole rings is 1. The summed E-state index contributed by atoms with van der Waals surface area (Å²) in [6.07, 6.45) is 1.17. The molecule has 7 nitrogen and oxygen atoms in total. The number of nitrogens with zero attached hydrogens (tertiary/aromatic N) is 3. The molecule has 0 amide bonds. The molecule has 0 saturated carbocycles. The van der Waals surface area contributed by atoms with E-state index in [1.54, 1.807) is 17.9 Å². The molecule has 8 heteroatoms. The van der Waals surface area contributed by atoms with E-state index >= 15 is 4.39 Å². The minimum Gasteiger partial charge on any atom is -0.497 e. The molecule has 0 spiro atoms. The number of aromatic amines is 1. The number of nitrogens with one attached hydrogen (secondary N) is 1. The molecule has 32 heavy (non-hydrogen) atoms. The summed E-state index contributed by atoms with van der Waals surface area (Å²) in [4.78, 5) is 19.0. The molecule has 0 unspecified atom stereocenters. The Morgan fingerprint density at radius 2 is 2.00 bits per heavy atom. The molecule has 0 aliphatic rings. The van der Waals surface area contributed by atoms with Gasteiger partial charge in [-0.25, -0.2) is 9.37 Å². The zero-order chi connectivity index (χ0) is 22.8. The highest BCUT2D eigenvalue weighted by Crippen LogP contribution is 2.26. The molecule has 0 aliphatic carbocycles. The Morgan fingerprint density at radius 1 is 1.19 bits per heavy atom. The van der Waals surface area contributed by atoms with Crippen LogP contribution < -0.4 is 4.74 Å². The molecule has 2 N–H and O–H groups in total. The van der Waals surface area contributed by atoms with Crippen molar-refractivity contribution in [2.75, 3.05) is 7.11 Å². The van der Waals surface area contributed by atoms with Crippen LogP contribution in [0.25, 0.3) is 22.4 Å². The number of benzene rings is 2. The van der Waals surface area contributed by atoms with Crippen molar-refractivity contribution in [3.8, 4) is 17.1 Å². The lowest BCUT2D eigenvalue weighted by molar-refractivity contribution is -0.136. The second-order valence-electron chi connectivity index (χ2n) is 7.58. The maximum atomic E-state index is 15.0. The minimum atomic E-state index is -0.895. The summed E-state index contributed by atoms with van der Waals surface area (Å²) in [5, 5.41) is 13.8. The second-order valence-corrected chi connectivity index (χ2v) is 7.58. The first-order chi connectivity index (χ1) is 15.4. The van der Waals surface area contributed by atoms with Gasteiger partial charge < -0.3 is 14.8 Å². The van der Waals surface area contributed by atoms with Crippen molar-refractivity contribution in [1.82, 2.24) is 19.7 Å². The van der Waals surface area contributed by atoms with E-state index in [1.165, 1.54) is 6.07 Å². The third-order valence-corrected chi connectivity index (χ3v) is 5.58. The van der Waals surface area contributed by atoms with Crippen LogP contribution in [0.1, 0.15) is 36.4 Å². The van der Waals surface area contributed by atoms with Crippen molar-refractivity contribution in [3.05, 3.63) is 64.7 Å². The molecular formula is C24H25FN4O3. The van der Waals surface area contributed by atoms with E-state index in [-0.39, 0.29) is 18.8 Å². The summed E-state index contributed by atoms with van der Waals surface area (Å²) >= 11 is 0. The van der Waals surface area contributed by atoms with Crippen LogP contribution in [-0.4, -0.2) is 37.9 Å². The number of hydrogen-bond donors (Lipinski definition) is 2. The Balaban J connectivity index is 1.65. The number of methoxy groups -OCH3 is 1. The third-order valence-electron chi connectivity index (χ3n) is 5.58. The smallest absolute Gasteiger partial charge is 0.307 e. The Morgan fingerprint density at radius 3 is 2.66 bits per heavy atom. The predicted octanol–water partition coefficient (Wildman–Crippen LogP) is 4.37. The van der Waals surface area contributed by atoms with Gasteiger partial charge in [-0.05, 0) is 31.0 Å². The van der Waals surface area contributed by atoms with Gasteiger partial charge in [0.2, 0.25) is 0 Å². The number of ether oxygens (including phenoxy) is 1. The topological polar surface area (TPSA) is 93.0 Å². The Labute approximate surface area is 184 Å². The van der Waals surface area contributed by atoms with Gasteiger partial charge in [-0.3, -0.25) is 9.48 Å². The van der Waals surface area contributed by atoms with Gasteiger partial charge in [-0.1, -0.05) is 26.0 Å². The van der Waals surface area contributed by atoms with Crippen molar-refractivity contribution in [3.63, 3.8) is 0 Å². The molecule has 0 aliphatic heterocycles. The molecule has 4 rings (SSSR count). The number of halogens is 1. The lowest BCUT2D eigenvalue weighted by Gasteiger charge is -2.09. The Bertz CT molecular complexity index is 1290. The largest absolute Gasteiger partial charge is 0.497 e. The first kappa shape index (κ1) is 21.5. The van der Waals surface area contributed by atoms with Gasteiger partial charge in [0.15, 0.2) is 0 Å². The van der Waals surface area contributed by atoms with E-state index < -0.39 is 5.97 Å². The minimum absolute atomic E-state index is 0.0788. The fourth-order valence-electron chi connectivity index (χ4n) is 3.99. The van der Waals surface area contributed by atoms with E-state index in [4.69, 9.17) is 4.74 Å². The van der Waals surface area contributed by atoms with E-state index in [9.17, 15) is 9.90 Å². The predicted molar refractivity (Wildman–Crippen MR) is 119 cm³/mol. The highest BCUT2D eigenvalue weighted by Gasteiger charge is 2.19. The van der Waals surface area contributed by atoms with Crippen molar-refractivity contribution in [2.24, 2.45) is 0 Å². The molecule has 4 aromatic rings. The molecule has 166 valence electrons. The normalized spacial score (nSPS) is 11.2. The zero-order valence-electron chi connectivity index (χ0n) is 18.3. The number of aliphatic carboxylic acids is 1. The summed E-state index contributed by atoms with van der Waals surface area (Å²) in [6.45, 7) is 4.13. The van der Waals surface area contributed by atoms with Crippen LogP contribution in [0.3, 0.4) is 0 Å². The summed E-state index contributed by atoms with van der Waals surface area (Å²) in [5.74, 6) is 0.0295. The van der Waals surface area contributed by atoms with Crippen LogP contribution in [0.5, 0.6) is 5.75 Å². The fourth-order valence-corrected chi connectivity index (χ4v) is 3.99. The quantitative estimate of drug-likeness (QED) is 0.428. The number of fused-ring (bicyclic) bond motifs is 1.